The summed E-state index contributed by atoms with van der Waals surface area (Å²) in [6.45, 7) is 3.57. The van der Waals surface area contributed by atoms with Gasteiger partial charge in [0.1, 0.15) is 11.9 Å². The highest BCUT2D eigenvalue weighted by molar-refractivity contribution is 5.39. The van der Waals surface area contributed by atoms with Crippen LogP contribution in [-0.2, 0) is 11.2 Å². The highest BCUT2D eigenvalue weighted by atomic mass is 16.5. The number of nitrogen functional groups attached to an aromatic ring is 1. The molecule has 1 saturated heterocycles. The normalized spacial score (nSPS) is 17.8. The van der Waals surface area contributed by atoms with Gasteiger partial charge in [0.15, 0.2) is 0 Å². The summed E-state index contributed by atoms with van der Waals surface area (Å²) >= 11 is 0. The molecule has 0 spiro atoms. The van der Waals surface area contributed by atoms with Crippen LogP contribution in [0.25, 0.3) is 0 Å². The standard InChI is InChI=1S/C8H13N3O/c1-2-6-3-10-11(8(6)9)7-4-12-5-7/h3,7H,2,4-5,9H2,1H3. The van der Waals surface area contributed by atoms with Crippen molar-refractivity contribution in [2.24, 2.45) is 0 Å². The number of nitrogens with two attached hydrogens (primary N) is 1. The number of aryl methyl sites for hydroxylation is 1. The van der Waals surface area contributed by atoms with Crippen molar-refractivity contribution in [3.8, 4) is 0 Å². The fraction of sp³-hybridized carbons (Fsp3) is 0.625. The third kappa shape index (κ3) is 0.992. The zero-order valence-corrected chi connectivity index (χ0v) is 7.16. The average Bonchev–Trinajstić information content (AvgIpc) is 2.30. The Morgan fingerprint density at radius 3 is 2.92 bits per heavy atom. The first-order valence-corrected chi connectivity index (χ1v) is 4.22. The summed E-state index contributed by atoms with van der Waals surface area (Å²) in [5, 5.41) is 4.22. The van der Waals surface area contributed by atoms with Crippen LogP contribution in [-0.4, -0.2) is 23.0 Å². The summed E-state index contributed by atoms with van der Waals surface area (Å²) in [5.41, 5.74) is 7.00. The van der Waals surface area contributed by atoms with Gasteiger partial charge in [-0.25, -0.2) is 4.68 Å². The van der Waals surface area contributed by atoms with Crippen LogP contribution in [0, 0.1) is 0 Å². The number of ether oxygens (including phenoxy) is 1. The number of hydrogen-bond acceptors (Lipinski definition) is 3. The Hall–Kier alpha value is -1.03. The summed E-state index contributed by atoms with van der Waals surface area (Å²) in [7, 11) is 0. The lowest BCUT2D eigenvalue weighted by atomic mass is 10.2. The van der Waals surface area contributed by atoms with Gasteiger partial charge in [-0.1, -0.05) is 6.92 Å². The van der Waals surface area contributed by atoms with Crippen LogP contribution in [0.3, 0.4) is 0 Å². The summed E-state index contributed by atoms with van der Waals surface area (Å²) < 4.78 is 6.93. The molecule has 4 nitrogen and oxygen atoms in total. The SMILES string of the molecule is CCc1cnn(C2COC2)c1N. The van der Waals surface area contributed by atoms with E-state index in [2.05, 4.69) is 12.0 Å². The van der Waals surface area contributed by atoms with Crippen LogP contribution in [0.2, 0.25) is 0 Å². The second-order valence-electron chi connectivity index (χ2n) is 3.04. The Bertz CT molecular complexity index is 278. The van der Waals surface area contributed by atoms with Crippen molar-refractivity contribution in [2.75, 3.05) is 18.9 Å². The first kappa shape index (κ1) is 7.61. The minimum atomic E-state index is 0.366. The van der Waals surface area contributed by atoms with Gasteiger partial charge in [0, 0.05) is 5.56 Å². The predicted molar refractivity (Wildman–Crippen MR) is 45.9 cm³/mol. The van der Waals surface area contributed by atoms with E-state index in [-0.39, 0.29) is 0 Å². The van der Waals surface area contributed by atoms with Gasteiger partial charge in [-0.05, 0) is 6.42 Å². The van der Waals surface area contributed by atoms with E-state index >= 15 is 0 Å². The van der Waals surface area contributed by atoms with Gasteiger partial charge in [-0.2, -0.15) is 5.10 Å². The zero-order chi connectivity index (χ0) is 8.55. The molecule has 1 aromatic heterocycles. The third-order valence-corrected chi connectivity index (χ3v) is 2.26. The Kier molecular flexibility index (Phi) is 1.77. The monoisotopic (exact) mass is 167 g/mol. The van der Waals surface area contributed by atoms with Crippen LogP contribution in [0.15, 0.2) is 6.20 Å². The van der Waals surface area contributed by atoms with Gasteiger partial charge in [0.2, 0.25) is 0 Å². The first-order chi connectivity index (χ1) is 5.83. The smallest absolute Gasteiger partial charge is 0.125 e. The van der Waals surface area contributed by atoms with Crippen molar-refractivity contribution in [3.05, 3.63) is 11.8 Å². The molecular weight excluding hydrogens is 154 g/mol. The maximum Gasteiger partial charge on any atom is 0.125 e. The van der Waals surface area contributed by atoms with Crippen molar-refractivity contribution >= 4 is 5.82 Å². The van der Waals surface area contributed by atoms with Crippen molar-refractivity contribution < 1.29 is 4.74 Å². The second kappa shape index (κ2) is 2.79. The van der Waals surface area contributed by atoms with E-state index in [1.807, 2.05) is 10.9 Å². The summed E-state index contributed by atoms with van der Waals surface area (Å²) in [6.07, 6.45) is 2.78. The Balaban J connectivity index is 2.25. The van der Waals surface area contributed by atoms with Gasteiger partial charge in [0.05, 0.1) is 19.4 Å². The molecule has 0 aromatic carbocycles. The average molecular weight is 167 g/mol. The van der Waals surface area contributed by atoms with Gasteiger partial charge in [-0.15, -0.1) is 0 Å². The lowest BCUT2D eigenvalue weighted by Gasteiger charge is -2.26. The minimum Gasteiger partial charge on any atom is -0.384 e. The van der Waals surface area contributed by atoms with Gasteiger partial charge in [-0.3, -0.25) is 0 Å². The molecule has 0 aliphatic carbocycles. The zero-order valence-electron chi connectivity index (χ0n) is 7.16. The van der Waals surface area contributed by atoms with Crippen molar-refractivity contribution in [1.29, 1.82) is 0 Å². The minimum absolute atomic E-state index is 0.366. The highest BCUT2D eigenvalue weighted by Crippen LogP contribution is 2.22. The van der Waals surface area contributed by atoms with E-state index < -0.39 is 0 Å². The van der Waals surface area contributed by atoms with E-state index in [4.69, 9.17) is 10.5 Å². The lowest BCUT2D eigenvalue weighted by Crippen LogP contribution is -2.32. The molecule has 0 radical (unpaired) electrons. The number of hydrogen-bond donors (Lipinski definition) is 1. The quantitative estimate of drug-likeness (QED) is 0.701. The van der Waals surface area contributed by atoms with Crippen LogP contribution in [0.4, 0.5) is 5.82 Å². The van der Waals surface area contributed by atoms with Crippen LogP contribution < -0.4 is 5.73 Å². The van der Waals surface area contributed by atoms with Crippen molar-refractivity contribution in [2.45, 2.75) is 19.4 Å². The van der Waals surface area contributed by atoms with Crippen molar-refractivity contribution in [1.82, 2.24) is 9.78 Å². The number of anilines is 1. The molecule has 66 valence electrons. The molecular formula is C8H13N3O. The molecule has 2 heterocycles. The van der Waals surface area contributed by atoms with E-state index in [0.29, 0.717) is 6.04 Å². The molecule has 0 unspecified atom stereocenters. The van der Waals surface area contributed by atoms with E-state index in [1.54, 1.807) is 0 Å². The molecule has 0 bridgehead atoms. The molecule has 2 rings (SSSR count). The first-order valence-electron chi connectivity index (χ1n) is 4.22. The number of aromatic nitrogens is 2. The van der Waals surface area contributed by atoms with Gasteiger partial charge in [0.25, 0.3) is 0 Å². The molecule has 1 aliphatic rings. The Labute approximate surface area is 71.3 Å². The Morgan fingerprint density at radius 1 is 1.75 bits per heavy atom. The van der Waals surface area contributed by atoms with Crippen LogP contribution >= 0.6 is 0 Å². The topological polar surface area (TPSA) is 53.1 Å². The molecule has 1 aromatic rings. The molecule has 4 heteroatoms. The number of rotatable bonds is 2. The van der Waals surface area contributed by atoms with Crippen LogP contribution in [0.1, 0.15) is 18.5 Å². The summed E-state index contributed by atoms with van der Waals surface area (Å²) in [4.78, 5) is 0. The summed E-state index contributed by atoms with van der Waals surface area (Å²) in [5.74, 6) is 0.797. The van der Waals surface area contributed by atoms with Gasteiger partial charge < -0.3 is 10.5 Å². The third-order valence-electron chi connectivity index (χ3n) is 2.26. The summed E-state index contributed by atoms with van der Waals surface area (Å²) in [6, 6.07) is 0.366. The highest BCUT2D eigenvalue weighted by Gasteiger charge is 2.23. The fourth-order valence-corrected chi connectivity index (χ4v) is 1.34. The molecule has 2 N–H and O–H groups in total. The molecule has 0 saturated carbocycles. The van der Waals surface area contributed by atoms with Crippen LogP contribution in [0.5, 0.6) is 0 Å². The molecule has 0 atom stereocenters. The lowest BCUT2D eigenvalue weighted by molar-refractivity contribution is -0.0276. The fourth-order valence-electron chi connectivity index (χ4n) is 1.34. The Morgan fingerprint density at radius 2 is 2.50 bits per heavy atom. The largest absolute Gasteiger partial charge is 0.384 e. The molecule has 0 amide bonds. The molecule has 1 fully saturated rings. The maximum atomic E-state index is 5.87. The number of nitrogens with zero attached hydrogens (tertiary/aromatic N) is 2. The van der Waals surface area contributed by atoms with Gasteiger partial charge >= 0.3 is 0 Å². The molecule has 12 heavy (non-hydrogen) atoms. The van der Waals surface area contributed by atoms with E-state index in [9.17, 15) is 0 Å². The van der Waals surface area contributed by atoms with E-state index in [0.717, 1.165) is 31.0 Å². The second-order valence-corrected chi connectivity index (χ2v) is 3.04. The predicted octanol–water partition coefficient (Wildman–Crippen LogP) is 0.599. The van der Waals surface area contributed by atoms with Crippen molar-refractivity contribution in [3.63, 3.8) is 0 Å². The maximum absolute atomic E-state index is 5.87. The van der Waals surface area contributed by atoms with E-state index in [1.165, 1.54) is 0 Å². The molecule has 1 aliphatic heterocycles.